The molecule has 8 heteroatoms. The highest BCUT2D eigenvalue weighted by atomic mass is 32.2. The minimum atomic E-state index is -3.86. The van der Waals surface area contributed by atoms with E-state index in [9.17, 15) is 13.2 Å². The topological polar surface area (TPSA) is 108 Å². The molecule has 0 aliphatic rings. The van der Waals surface area contributed by atoms with Crippen molar-refractivity contribution in [1.82, 2.24) is 0 Å². The van der Waals surface area contributed by atoms with Crippen LogP contribution in [0.1, 0.15) is 11.1 Å². The molecule has 0 atom stereocenters. The monoisotopic (exact) mass is 376 g/mol. The van der Waals surface area contributed by atoms with Gasteiger partial charge in [0, 0.05) is 17.3 Å². The van der Waals surface area contributed by atoms with E-state index in [0.29, 0.717) is 28.3 Å². The van der Waals surface area contributed by atoms with Gasteiger partial charge >= 0.3 is 0 Å². The molecular weight excluding hydrogens is 356 g/mol. The van der Waals surface area contributed by atoms with Crippen molar-refractivity contribution >= 4 is 27.7 Å². The van der Waals surface area contributed by atoms with Crippen LogP contribution >= 0.6 is 0 Å². The highest BCUT2D eigenvalue weighted by Gasteiger charge is 2.13. The Labute approximate surface area is 152 Å². The Bertz CT molecular complexity index is 952. The lowest BCUT2D eigenvalue weighted by atomic mass is 10.1. The number of aryl methyl sites for hydroxylation is 1. The third-order valence-corrected chi connectivity index (χ3v) is 4.66. The molecular formula is C18H20N2O5S. The van der Waals surface area contributed by atoms with Gasteiger partial charge in [0.15, 0.2) is 11.5 Å². The van der Waals surface area contributed by atoms with Gasteiger partial charge in [-0.2, -0.15) is 0 Å². The van der Waals surface area contributed by atoms with Crippen molar-refractivity contribution in [2.24, 2.45) is 5.14 Å². The molecule has 26 heavy (non-hydrogen) atoms. The van der Waals surface area contributed by atoms with Crippen LogP contribution in [-0.4, -0.2) is 28.5 Å². The van der Waals surface area contributed by atoms with Crippen molar-refractivity contribution < 1.29 is 22.7 Å². The van der Waals surface area contributed by atoms with Crippen molar-refractivity contribution in [3.05, 3.63) is 53.6 Å². The summed E-state index contributed by atoms with van der Waals surface area (Å²) in [7, 11) is -0.827. The Kier molecular flexibility index (Phi) is 6.01. The van der Waals surface area contributed by atoms with Crippen molar-refractivity contribution in [3.8, 4) is 11.5 Å². The summed E-state index contributed by atoms with van der Waals surface area (Å²) in [6.07, 6.45) is 2.89. The molecule has 0 spiro atoms. The lowest BCUT2D eigenvalue weighted by Crippen LogP contribution is -2.15. The third-order valence-electron chi connectivity index (χ3n) is 3.61. The van der Waals surface area contributed by atoms with Crippen LogP contribution in [-0.2, 0) is 14.8 Å². The second-order valence-corrected chi connectivity index (χ2v) is 6.96. The molecule has 2 rings (SSSR count). The van der Waals surface area contributed by atoms with Gasteiger partial charge in [0.1, 0.15) is 0 Å². The van der Waals surface area contributed by atoms with Crippen molar-refractivity contribution in [1.29, 1.82) is 0 Å². The van der Waals surface area contributed by atoms with Gasteiger partial charge in [0.05, 0.1) is 19.1 Å². The van der Waals surface area contributed by atoms with E-state index in [1.807, 2.05) is 0 Å². The molecule has 0 bridgehead atoms. The number of sulfonamides is 1. The van der Waals surface area contributed by atoms with E-state index in [4.69, 9.17) is 14.6 Å². The maximum Gasteiger partial charge on any atom is 0.248 e. The number of ether oxygens (including phenoxy) is 2. The van der Waals surface area contributed by atoms with Gasteiger partial charge in [-0.25, -0.2) is 13.6 Å². The second kappa shape index (κ2) is 8.03. The number of nitrogens with one attached hydrogen (secondary N) is 1. The number of amides is 1. The molecule has 0 aliphatic heterocycles. The first-order chi connectivity index (χ1) is 12.3. The van der Waals surface area contributed by atoms with E-state index in [-0.39, 0.29) is 4.90 Å². The summed E-state index contributed by atoms with van der Waals surface area (Å²) < 4.78 is 33.6. The van der Waals surface area contributed by atoms with Crippen molar-refractivity contribution in [3.63, 3.8) is 0 Å². The molecule has 0 radical (unpaired) electrons. The number of hydrogen-bond acceptors (Lipinski definition) is 5. The van der Waals surface area contributed by atoms with Crippen LogP contribution in [0, 0.1) is 6.92 Å². The molecule has 0 heterocycles. The first-order valence-electron chi connectivity index (χ1n) is 7.59. The van der Waals surface area contributed by atoms with Gasteiger partial charge in [-0.15, -0.1) is 0 Å². The number of para-hydroxylation sites is 1. The maximum atomic E-state index is 12.1. The first-order valence-corrected chi connectivity index (χ1v) is 9.14. The van der Waals surface area contributed by atoms with Crippen LogP contribution < -0.4 is 19.9 Å². The fourth-order valence-electron chi connectivity index (χ4n) is 2.38. The van der Waals surface area contributed by atoms with Crippen molar-refractivity contribution in [2.75, 3.05) is 19.5 Å². The number of hydrogen-bond donors (Lipinski definition) is 2. The molecule has 0 saturated heterocycles. The van der Waals surface area contributed by atoms with Crippen LogP contribution in [0.5, 0.6) is 11.5 Å². The van der Waals surface area contributed by atoms with Gasteiger partial charge in [-0.1, -0.05) is 18.2 Å². The van der Waals surface area contributed by atoms with Gasteiger partial charge in [0.25, 0.3) is 0 Å². The zero-order valence-electron chi connectivity index (χ0n) is 14.6. The Morgan fingerprint density at radius 1 is 1.15 bits per heavy atom. The fourth-order valence-corrected chi connectivity index (χ4v) is 3.19. The number of rotatable bonds is 6. The maximum absolute atomic E-state index is 12.1. The zero-order valence-corrected chi connectivity index (χ0v) is 15.5. The standard InChI is InChI=1S/C18H20N2O5S/c1-12-7-9-14(11-16(12)26(19,22)23)20-17(21)10-8-13-5-4-6-15(24-2)18(13)25-3/h4-11H,1-3H3,(H,20,21)(H2,19,22,23)/b10-8+. The zero-order chi connectivity index (χ0) is 19.3. The number of benzene rings is 2. The summed E-state index contributed by atoms with van der Waals surface area (Å²) in [6.45, 7) is 1.63. The summed E-state index contributed by atoms with van der Waals surface area (Å²) in [5.74, 6) is 0.622. The average Bonchev–Trinajstić information content (AvgIpc) is 2.60. The SMILES string of the molecule is COc1cccc(/C=C/C(=O)Nc2ccc(C)c(S(N)(=O)=O)c2)c1OC. The number of carbonyl (C=O) groups is 1. The predicted molar refractivity (Wildman–Crippen MR) is 99.8 cm³/mol. The largest absolute Gasteiger partial charge is 0.493 e. The second-order valence-electron chi connectivity index (χ2n) is 5.43. The quantitative estimate of drug-likeness (QED) is 0.752. The van der Waals surface area contributed by atoms with Crippen LogP contribution in [0.4, 0.5) is 5.69 Å². The number of carbonyl (C=O) groups excluding carboxylic acids is 1. The summed E-state index contributed by atoms with van der Waals surface area (Å²) in [4.78, 5) is 12.1. The van der Waals surface area contributed by atoms with Crippen LogP contribution in [0.3, 0.4) is 0 Å². The normalized spacial score (nSPS) is 11.4. The first kappa shape index (κ1) is 19.5. The highest BCUT2D eigenvalue weighted by Crippen LogP contribution is 2.31. The molecule has 0 fully saturated rings. The van der Waals surface area contributed by atoms with E-state index >= 15 is 0 Å². The molecule has 2 aromatic rings. The number of nitrogens with two attached hydrogens (primary N) is 1. The van der Waals surface area contributed by atoms with Crippen LogP contribution in [0.15, 0.2) is 47.4 Å². The molecule has 0 aromatic heterocycles. The molecule has 3 N–H and O–H groups in total. The highest BCUT2D eigenvalue weighted by molar-refractivity contribution is 7.89. The predicted octanol–water partition coefficient (Wildman–Crippen LogP) is 2.31. The Balaban J connectivity index is 2.21. The van der Waals surface area contributed by atoms with Gasteiger partial charge in [-0.05, 0) is 36.8 Å². The number of primary sulfonamides is 1. The van der Waals surface area contributed by atoms with E-state index < -0.39 is 15.9 Å². The van der Waals surface area contributed by atoms with E-state index in [0.717, 1.165) is 0 Å². The minimum Gasteiger partial charge on any atom is -0.493 e. The lowest BCUT2D eigenvalue weighted by molar-refractivity contribution is -0.111. The van der Waals surface area contributed by atoms with E-state index in [1.165, 1.54) is 26.4 Å². The van der Waals surface area contributed by atoms with E-state index in [1.54, 1.807) is 43.3 Å². The van der Waals surface area contributed by atoms with Crippen molar-refractivity contribution in [2.45, 2.75) is 11.8 Å². The molecule has 0 saturated carbocycles. The van der Waals surface area contributed by atoms with Gasteiger partial charge in [-0.3, -0.25) is 4.79 Å². The van der Waals surface area contributed by atoms with Gasteiger partial charge in [0.2, 0.25) is 15.9 Å². The Hall–Kier alpha value is -2.84. The fraction of sp³-hybridized carbons (Fsp3) is 0.167. The Morgan fingerprint density at radius 2 is 1.88 bits per heavy atom. The summed E-state index contributed by atoms with van der Waals surface area (Å²) in [5.41, 5.74) is 1.49. The average molecular weight is 376 g/mol. The molecule has 0 aliphatic carbocycles. The van der Waals surface area contributed by atoms with E-state index in [2.05, 4.69) is 5.32 Å². The molecule has 138 valence electrons. The summed E-state index contributed by atoms with van der Waals surface area (Å²) in [6, 6.07) is 9.79. The summed E-state index contributed by atoms with van der Waals surface area (Å²) >= 11 is 0. The number of anilines is 1. The lowest BCUT2D eigenvalue weighted by Gasteiger charge is -2.10. The summed E-state index contributed by atoms with van der Waals surface area (Å²) in [5, 5.41) is 7.77. The Morgan fingerprint density at radius 3 is 2.50 bits per heavy atom. The molecule has 2 aromatic carbocycles. The number of methoxy groups -OCH3 is 2. The minimum absolute atomic E-state index is 0.0336. The van der Waals surface area contributed by atoms with Crippen LogP contribution in [0.2, 0.25) is 0 Å². The molecule has 0 unspecified atom stereocenters. The molecule has 7 nitrogen and oxygen atoms in total. The third kappa shape index (κ3) is 4.62. The van der Waals surface area contributed by atoms with Crippen LogP contribution in [0.25, 0.3) is 6.08 Å². The smallest absolute Gasteiger partial charge is 0.248 e. The van der Waals surface area contributed by atoms with Gasteiger partial charge < -0.3 is 14.8 Å². The molecule has 1 amide bonds.